The van der Waals surface area contributed by atoms with Gasteiger partial charge in [-0.05, 0) is 29.6 Å². The van der Waals surface area contributed by atoms with Gasteiger partial charge in [0, 0.05) is 21.6 Å². The zero-order chi connectivity index (χ0) is 13.2. The highest BCUT2D eigenvalue weighted by atomic mass is 79.9. The third-order valence-electron chi connectivity index (χ3n) is 2.32. The van der Waals surface area contributed by atoms with E-state index in [1.54, 1.807) is 17.4 Å². The van der Waals surface area contributed by atoms with Crippen LogP contribution in [0.5, 0.6) is 0 Å². The van der Waals surface area contributed by atoms with Crippen molar-refractivity contribution in [3.63, 3.8) is 0 Å². The topological polar surface area (TPSA) is 12.0 Å². The third-order valence-corrected chi connectivity index (χ3v) is 3.89. The summed E-state index contributed by atoms with van der Waals surface area (Å²) in [6.45, 7) is 0.524. The van der Waals surface area contributed by atoms with E-state index in [0.29, 0.717) is 12.2 Å². The zero-order valence-electron chi connectivity index (χ0n) is 9.09. The van der Waals surface area contributed by atoms with Crippen molar-refractivity contribution >= 4 is 33.0 Å². The van der Waals surface area contributed by atoms with Crippen molar-refractivity contribution in [3.8, 4) is 0 Å². The quantitative estimate of drug-likeness (QED) is 0.818. The van der Waals surface area contributed by atoms with Gasteiger partial charge in [0.2, 0.25) is 0 Å². The van der Waals surface area contributed by atoms with Gasteiger partial charge in [-0.3, -0.25) is 0 Å². The molecule has 1 aromatic heterocycles. The van der Waals surface area contributed by atoms with Crippen molar-refractivity contribution in [3.05, 3.63) is 50.6 Å². The molecule has 1 nitrogen and oxygen atoms in total. The van der Waals surface area contributed by atoms with Crippen LogP contribution in [0.3, 0.4) is 0 Å². The van der Waals surface area contributed by atoms with E-state index in [0.717, 1.165) is 10.9 Å². The van der Waals surface area contributed by atoms with Gasteiger partial charge in [-0.15, -0.1) is 11.3 Å². The van der Waals surface area contributed by atoms with Crippen molar-refractivity contribution in [2.45, 2.75) is 12.7 Å². The summed E-state index contributed by atoms with van der Waals surface area (Å²) in [5.41, 5.74) is -0.211. The second-order valence-electron chi connectivity index (χ2n) is 3.63. The summed E-state index contributed by atoms with van der Waals surface area (Å²) in [5.74, 6) is 0. The van der Waals surface area contributed by atoms with Crippen LogP contribution in [0.15, 0.2) is 40.2 Å². The highest BCUT2D eigenvalue weighted by Crippen LogP contribution is 2.36. The van der Waals surface area contributed by atoms with E-state index < -0.39 is 11.7 Å². The largest absolute Gasteiger partial charge is 0.417 e. The van der Waals surface area contributed by atoms with Crippen molar-refractivity contribution in [1.29, 1.82) is 0 Å². The minimum Gasteiger partial charge on any atom is -0.380 e. The number of rotatable bonds is 3. The molecule has 0 saturated heterocycles. The highest BCUT2D eigenvalue weighted by Gasteiger charge is 2.33. The zero-order valence-corrected chi connectivity index (χ0v) is 11.5. The van der Waals surface area contributed by atoms with Gasteiger partial charge >= 0.3 is 6.18 Å². The Morgan fingerprint density at radius 2 is 2.00 bits per heavy atom. The number of hydrogen-bond acceptors (Lipinski definition) is 2. The molecule has 0 saturated carbocycles. The predicted octanol–water partition coefficient (Wildman–Crippen LogP) is 5.14. The summed E-state index contributed by atoms with van der Waals surface area (Å²) in [7, 11) is 0. The number of anilines is 1. The number of benzene rings is 1. The molecule has 18 heavy (non-hydrogen) atoms. The molecule has 0 unspecified atom stereocenters. The molecule has 0 amide bonds. The molecule has 1 aromatic carbocycles. The van der Waals surface area contributed by atoms with E-state index >= 15 is 0 Å². The van der Waals surface area contributed by atoms with E-state index in [4.69, 9.17) is 0 Å². The summed E-state index contributed by atoms with van der Waals surface area (Å²) >= 11 is 4.47. The summed E-state index contributed by atoms with van der Waals surface area (Å²) < 4.78 is 38.1. The van der Waals surface area contributed by atoms with Gasteiger partial charge in [0.05, 0.1) is 5.56 Å². The van der Waals surface area contributed by atoms with Crippen LogP contribution in [0.1, 0.15) is 10.4 Å². The fraction of sp³-hybridized carbons (Fsp3) is 0.167. The molecule has 2 rings (SSSR count). The average Bonchev–Trinajstić information content (AvgIpc) is 2.79. The van der Waals surface area contributed by atoms with E-state index in [1.807, 2.05) is 17.5 Å². The molecule has 96 valence electrons. The molecule has 0 bridgehead atoms. The number of nitrogens with one attached hydrogen (secondary N) is 1. The third kappa shape index (κ3) is 3.26. The summed E-state index contributed by atoms with van der Waals surface area (Å²) in [6, 6.07) is 7.97. The smallest absolute Gasteiger partial charge is 0.380 e. The number of halogens is 4. The number of alkyl halides is 3. The summed E-state index contributed by atoms with van der Waals surface area (Å²) in [4.78, 5) is 1.08. The van der Waals surface area contributed by atoms with Crippen molar-refractivity contribution < 1.29 is 13.2 Å². The highest BCUT2D eigenvalue weighted by molar-refractivity contribution is 9.10. The maximum atomic E-state index is 12.7. The van der Waals surface area contributed by atoms with Gasteiger partial charge < -0.3 is 5.32 Å². The molecule has 1 N–H and O–H groups in total. The predicted molar refractivity (Wildman–Crippen MR) is 70.8 cm³/mol. The van der Waals surface area contributed by atoms with Crippen LogP contribution in [-0.4, -0.2) is 0 Å². The van der Waals surface area contributed by atoms with Crippen LogP contribution in [0.25, 0.3) is 0 Å². The van der Waals surface area contributed by atoms with Gasteiger partial charge in [-0.2, -0.15) is 13.2 Å². The first kappa shape index (κ1) is 13.4. The van der Waals surface area contributed by atoms with E-state index in [9.17, 15) is 13.2 Å². The Hall–Kier alpha value is -1.01. The lowest BCUT2D eigenvalue weighted by atomic mass is 10.2. The molecular formula is C12H9BrF3NS. The van der Waals surface area contributed by atoms with Gasteiger partial charge in [0.1, 0.15) is 0 Å². The maximum absolute atomic E-state index is 12.7. The first-order valence-corrected chi connectivity index (χ1v) is 6.77. The lowest BCUT2D eigenvalue weighted by molar-refractivity contribution is -0.138. The van der Waals surface area contributed by atoms with Crippen LogP contribution >= 0.6 is 27.3 Å². The molecule has 6 heteroatoms. The first-order valence-electron chi connectivity index (χ1n) is 5.10. The molecule has 0 atom stereocenters. The lowest BCUT2D eigenvalue weighted by Gasteiger charge is -2.12. The lowest BCUT2D eigenvalue weighted by Crippen LogP contribution is -2.07. The Bertz CT molecular complexity index is 523. The van der Waals surface area contributed by atoms with Crippen LogP contribution in [0.4, 0.5) is 18.9 Å². The van der Waals surface area contributed by atoms with Gasteiger partial charge in [0.15, 0.2) is 0 Å². The Kier molecular flexibility index (Phi) is 3.97. The monoisotopic (exact) mass is 335 g/mol. The molecular weight excluding hydrogens is 327 g/mol. The Morgan fingerprint density at radius 1 is 1.22 bits per heavy atom. The van der Waals surface area contributed by atoms with Crippen LogP contribution in [-0.2, 0) is 12.7 Å². The molecule has 0 spiro atoms. The molecule has 0 aliphatic rings. The summed E-state index contributed by atoms with van der Waals surface area (Å²) in [6.07, 6.45) is -4.35. The molecule has 0 aliphatic carbocycles. The van der Waals surface area contributed by atoms with Crippen LogP contribution < -0.4 is 5.32 Å². The van der Waals surface area contributed by atoms with E-state index in [1.165, 1.54) is 6.07 Å². The maximum Gasteiger partial charge on any atom is 0.417 e. The minimum atomic E-state index is -4.35. The summed E-state index contributed by atoms with van der Waals surface area (Å²) in [5, 5.41) is 4.91. The Morgan fingerprint density at radius 3 is 2.61 bits per heavy atom. The van der Waals surface area contributed by atoms with Crippen molar-refractivity contribution in [2.75, 3.05) is 5.32 Å². The fourth-order valence-corrected chi connectivity index (χ4v) is 2.57. The van der Waals surface area contributed by atoms with Crippen LogP contribution in [0, 0.1) is 0 Å². The average molecular weight is 336 g/mol. The van der Waals surface area contributed by atoms with Gasteiger partial charge in [0.25, 0.3) is 0 Å². The second-order valence-corrected chi connectivity index (χ2v) is 5.51. The normalized spacial score (nSPS) is 11.6. The van der Waals surface area contributed by atoms with Crippen molar-refractivity contribution in [2.24, 2.45) is 0 Å². The molecule has 2 aromatic rings. The van der Waals surface area contributed by atoms with E-state index in [-0.39, 0.29) is 4.47 Å². The molecule has 0 radical (unpaired) electrons. The van der Waals surface area contributed by atoms with Crippen molar-refractivity contribution in [1.82, 2.24) is 0 Å². The molecule has 0 fully saturated rings. The number of thiophene rings is 1. The Labute approximate surface area is 115 Å². The molecule has 1 heterocycles. The van der Waals surface area contributed by atoms with Gasteiger partial charge in [-0.25, -0.2) is 0 Å². The SMILES string of the molecule is FC(F)(F)c1cc(NCc2cccs2)ccc1Br. The van der Waals surface area contributed by atoms with Crippen LogP contribution in [0.2, 0.25) is 0 Å². The number of hydrogen-bond donors (Lipinski definition) is 1. The standard InChI is InChI=1S/C12H9BrF3NS/c13-11-4-3-8(6-10(11)12(14,15)16)17-7-9-2-1-5-18-9/h1-6,17H,7H2. The molecule has 0 aliphatic heterocycles. The Balaban J connectivity index is 2.15. The van der Waals surface area contributed by atoms with Gasteiger partial charge in [-0.1, -0.05) is 22.0 Å². The second kappa shape index (κ2) is 5.32. The minimum absolute atomic E-state index is 0.0525. The fourth-order valence-electron chi connectivity index (χ4n) is 1.45. The van der Waals surface area contributed by atoms with E-state index in [2.05, 4.69) is 21.2 Å². The first-order chi connectivity index (χ1) is 8.47.